The number of fused-ring (bicyclic) bond motifs is 1. The highest BCUT2D eigenvalue weighted by Gasteiger charge is 2.46. The first-order chi connectivity index (χ1) is 14.9. The van der Waals surface area contributed by atoms with Gasteiger partial charge in [0.25, 0.3) is 0 Å². The molecule has 0 radical (unpaired) electrons. The molecule has 1 fully saturated rings. The van der Waals surface area contributed by atoms with Gasteiger partial charge in [-0.05, 0) is 56.0 Å². The minimum atomic E-state index is -0.451. The van der Waals surface area contributed by atoms with Gasteiger partial charge < -0.3 is 5.32 Å². The zero-order chi connectivity index (χ0) is 21.6. The molecule has 31 heavy (non-hydrogen) atoms. The van der Waals surface area contributed by atoms with E-state index >= 15 is 0 Å². The second-order valence-electron chi connectivity index (χ2n) is 8.00. The molecule has 0 saturated heterocycles. The second-order valence-corrected chi connectivity index (χ2v) is 8.00. The molecule has 3 heterocycles. The predicted octanol–water partition coefficient (Wildman–Crippen LogP) is 4.59. The van der Waals surface area contributed by atoms with Gasteiger partial charge in [-0.15, -0.1) is 0 Å². The monoisotopic (exact) mass is 416 g/mol. The molecule has 8 heteroatoms. The van der Waals surface area contributed by atoms with Gasteiger partial charge in [0.05, 0.1) is 11.1 Å². The van der Waals surface area contributed by atoms with E-state index in [1.807, 2.05) is 19.1 Å². The Balaban J connectivity index is 1.34. The lowest BCUT2D eigenvalue weighted by molar-refractivity contribution is 0.247. The second kappa shape index (κ2) is 7.16. The van der Waals surface area contributed by atoms with Crippen molar-refractivity contribution in [3.8, 4) is 11.3 Å². The Bertz CT molecular complexity index is 1310. The third-order valence-corrected chi connectivity index (χ3v) is 5.67. The van der Waals surface area contributed by atoms with Crippen molar-refractivity contribution < 1.29 is 9.18 Å². The first-order valence-corrected chi connectivity index (χ1v) is 10.1. The molecule has 156 valence electrons. The number of hydrogen-bond donors (Lipinski definition) is 3. The average Bonchev–Trinajstić information content (AvgIpc) is 3.39. The number of rotatable bonds is 4. The molecule has 3 aromatic heterocycles. The van der Waals surface area contributed by atoms with Gasteiger partial charge in [0, 0.05) is 35.1 Å². The van der Waals surface area contributed by atoms with E-state index < -0.39 is 5.54 Å². The van der Waals surface area contributed by atoms with Crippen molar-refractivity contribution in [2.24, 2.45) is 0 Å². The van der Waals surface area contributed by atoms with E-state index in [0.717, 1.165) is 46.3 Å². The summed E-state index contributed by atoms with van der Waals surface area (Å²) >= 11 is 0. The van der Waals surface area contributed by atoms with Crippen LogP contribution in [-0.2, 0) is 5.54 Å². The van der Waals surface area contributed by atoms with Crippen LogP contribution < -0.4 is 10.6 Å². The minimum absolute atomic E-state index is 0.248. The lowest BCUT2D eigenvalue weighted by Gasteiger charge is -2.19. The maximum atomic E-state index is 13.6. The van der Waals surface area contributed by atoms with Crippen molar-refractivity contribution in [1.29, 1.82) is 0 Å². The smallest absolute Gasteiger partial charge is 0.321 e. The molecule has 1 aliphatic rings. The van der Waals surface area contributed by atoms with Crippen molar-refractivity contribution in [2.45, 2.75) is 32.2 Å². The third-order valence-electron chi connectivity index (χ3n) is 5.67. The number of anilines is 1. The molecule has 1 aromatic carbocycles. The number of pyridine rings is 2. The molecule has 0 unspecified atom stereocenters. The number of carbonyl (C=O) groups excluding carboxylic acids is 1. The fourth-order valence-corrected chi connectivity index (χ4v) is 3.81. The van der Waals surface area contributed by atoms with Crippen LogP contribution in [0, 0.1) is 19.7 Å². The maximum absolute atomic E-state index is 13.6. The van der Waals surface area contributed by atoms with Crippen molar-refractivity contribution in [2.75, 3.05) is 5.32 Å². The summed E-state index contributed by atoms with van der Waals surface area (Å²) in [4.78, 5) is 21.2. The number of halogens is 1. The summed E-state index contributed by atoms with van der Waals surface area (Å²) in [6.45, 7) is 3.65. The quantitative estimate of drug-likeness (QED) is 0.454. The van der Waals surface area contributed by atoms with Gasteiger partial charge in [-0.2, -0.15) is 5.10 Å². The first-order valence-electron chi connectivity index (χ1n) is 10.1. The van der Waals surface area contributed by atoms with E-state index in [0.29, 0.717) is 11.4 Å². The zero-order valence-electron chi connectivity index (χ0n) is 17.2. The number of amides is 2. The number of hydrogen-bond acceptors (Lipinski definition) is 4. The Kier molecular flexibility index (Phi) is 4.43. The topological polar surface area (TPSA) is 95.6 Å². The van der Waals surface area contributed by atoms with Gasteiger partial charge in [0.2, 0.25) is 0 Å². The largest absolute Gasteiger partial charge is 0.328 e. The molecule has 3 N–H and O–H groups in total. The average molecular weight is 416 g/mol. The predicted molar refractivity (Wildman–Crippen MR) is 116 cm³/mol. The van der Waals surface area contributed by atoms with Crippen LogP contribution >= 0.6 is 0 Å². The minimum Gasteiger partial charge on any atom is -0.328 e. The molecule has 5 rings (SSSR count). The van der Waals surface area contributed by atoms with Crippen molar-refractivity contribution in [1.82, 2.24) is 25.5 Å². The number of H-pyrrole nitrogens is 1. The summed E-state index contributed by atoms with van der Waals surface area (Å²) in [5, 5.41) is 14.1. The summed E-state index contributed by atoms with van der Waals surface area (Å²) in [6.07, 6.45) is 5.06. The van der Waals surface area contributed by atoms with Crippen LogP contribution in [0.1, 0.15) is 29.7 Å². The molecule has 1 aliphatic carbocycles. The van der Waals surface area contributed by atoms with Crippen LogP contribution in [-0.4, -0.2) is 26.2 Å². The lowest BCUT2D eigenvalue weighted by Crippen LogP contribution is -2.38. The van der Waals surface area contributed by atoms with Crippen LogP contribution in [0.2, 0.25) is 0 Å². The van der Waals surface area contributed by atoms with Crippen molar-refractivity contribution in [3.05, 3.63) is 71.4 Å². The zero-order valence-corrected chi connectivity index (χ0v) is 17.2. The number of aromatic amines is 1. The first kappa shape index (κ1) is 19.2. The lowest BCUT2D eigenvalue weighted by atomic mass is 10.0. The standard InChI is InChI=1S/C23H21FN6O/c1-13-9-16(3-4-18(13)24)23(6-7-23)28-22(31)27-20-11-19-17(12-26-20)21(30-29-19)15-5-8-25-14(2)10-15/h3-5,8-12H,6-7H2,1-2H3,(H,29,30)(H2,26,27,28,31). The number of nitrogens with zero attached hydrogens (tertiary/aromatic N) is 3. The molecule has 0 bridgehead atoms. The number of benzene rings is 1. The molecule has 7 nitrogen and oxygen atoms in total. The summed E-state index contributed by atoms with van der Waals surface area (Å²) in [7, 11) is 0. The normalized spacial score (nSPS) is 14.4. The maximum Gasteiger partial charge on any atom is 0.321 e. The Morgan fingerprint density at radius 1 is 1.13 bits per heavy atom. The number of aryl methyl sites for hydroxylation is 2. The van der Waals surface area contributed by atoms with Crippen LogP contribution in [0.25, 0.3) is 22.2 Å². The third kappa shape index (κ3) is 3.61. The van der Waals surface area contributed by atoms with Crippen LogP contribution in [0.4, 0.5) is 15.0 Å². The fraction of sp³-hybridized carbons (Fsp3) is 0.217. The van der Waals surface area contributed by atoms with E-state index in [-0.39, 0.29) is 11.8 Å². The summed E-state index contributed by atoms with van der Waals surface area (Å²) in [5.41, 5.74) is 4.43. The van der Waals surface area contributed by atoms with Gasteiger partial charge in [0.15, 0.2) is 0 Å². The molecule has 0 spiro atoms. The van der Waals surface area contributed by atoms with Crippen molar-refractivity contribution >= 4 is 22.8 Å². The Morgan fingerprint density at radius 3 is 2.71 bits per heavy atom. The van der Waals surface area contributed by atoms with Gasteiger partial charge in [-0.3, -0.25) is 15.4 Å². The summed E-state index contributed by atoms with van der Waals surface area (Å²) < 4.78 is 13.6. The van der Waals surface area contributed by atoms with Gasteiger partial charge >= 0.3 is 6.03 Å². The van der Waals surface area contributed by atoms with Crippen LogP contribution in [0.3, 0.4) is 0 Å². The Morgan fingerprint density at radius 2 is 1.97 bits per heavy atom. The van der Waals surface area contributed by atoms with E-state index in [9.17, 15) is 9.18 Å². The van der Waals surface area contributed by atoms with E-state index in [2.05, 4.69) is 30.8 Å². The molecule has 0 aliphatic heterocycles. The van der Waals surface area contributed by atoms with E-state index in [4.69, 9.17) is 0 Å². The SMILES string of the molecule is Cc1cc(-c2n[nH]c3cc(NC(=O)NC4(c5ccc(F)c(C)c5)CC4)ncc23)ccn1. The molecule has 2 amide bonds. The van der Waals surface area contributed by atoms with Crippen molar-refractivity contribution in [3.63, 3.8) is 0 Å². The van der Waals surface area contributed by atoms with Crippen LogP contribution in [0.5, 0.6) is 0 Å². The van der Waals surface area contributed by atoms with E-state index in [1.165, 1.54) is 6.07 Å². The molecule has 1 saturated carbocycles. The fourth-order valence-electron chi connectivity index (χ4n) is 3.81. The highest BCUT2D eigenvalue weighted by atomic mass is 19.1. The molecule has 4 aromatic rings. The summed E-state index contributed by atoms with van der Waals surface area (Å²) in [5.74, 6) is 0.166. The van der Waals surface area contributed by atoms with Gasteiger partial charge in [0.1, 0.15) is 17.3 Å². The Hall–Kier alpha value is -3.81. The van der Waals surface area contributed by atoms with Gasteiger partial charge in [-0.1, -0.05) is 12.1 Å². The number of aromatic nitrogens is 4. The summed E-state index contributed by atoms with van der Waals surface area (Å²) in [6, 6.07) is 10.2. The molecular formula is C23H21FN6O. The highest BCUT2D eigenvalue weighted by molar-refractivity contribution is 5.96. The molecular weight excluding hydrogens is 395 g/mol. The number of nitrogens with one attached hydrogen (secondary N) is 3. The van der Waals surface area contributed by atoms with E-state index in [1.54, 1.807) is 37.5 Å². The molecule has 0 atom stereocenters. The Labute approximate surface area is 178 Å². The number of urea groups is 1. The van der Waals surface area contributed by atoms with Crippen LogP contribution in [0.15, 0.2) is 48.8 Å². The highest BCUT2D eigenvalue weighted by Crippen LogP contribution is 2.45. The number of carbonyl (C=O) groups is 1. The van der Waals surface area contributed by atoms with Gasteiger partial charge in [-0.25, -0.2) is 14.2 Å².